The summed E-state index contributed by atoms with van der Waals surface area (Å²) in [7, 11) is 0. The van der Waals surface area contributed by atoms with Crippen molar-refractivity contribution in [3.05, 3.63) is 0 Å². The molecule has 1 N–H and O–H groups in total. The van der Waals surface area contributed by atoms with E-state index < -0.39 is 0 Å². The van der Waals surface area contributed by atoms with Crippen molar-refractivity contribution in [2.24, 2.45) is 0 Å². The van der Waals surface area contributed by atoms with E-state index in [2.05, 4.69) is 5.32 Å². The molecule has 0 saturated carbocycles. The quantitative estimate of drug-likeness (QED) is 0.683. The van der Waals surface area contributed by atoms with Crippen LogP contribution in [-0.4, -0.2) is 49.1 Å². The third-order valence-corrected chi connectivity index (χ3v) is 3.08. The summed E-state index contributed by atoms with van der Waals surface area (Å²) in [6.07, 6.45) is 2.52. The van der Waals surface area contributed by atoms with Gasteiger partial charge in [0.05, 0.1) is 13.2 Å². The number of nitrogens with one attached hydrogen (secondary N) is 1. The minimum atomic E-state index is -0.0204. The molecule has 0 aromatic carbocycles. The van der Waals surface area contributed by atoms with Crippen molar-refractivity contribution in [2.75, 3.05) is 26.3 Å². The molecule has 0 bridgehead atoms. The first-order valence-electron chi connectivity index (χ1n) is 5.91. The van der Waals surface area contributed by atoms with E-state index in [1.165, 1.54) is 4.90 Å². The Labute approximate surface area is 95.1 Å². The maximum absolute atomic E-state index is 11.5. The van der Waals surface area contributed by atoms with Gasteiger partial charge in [0, 0.05) is 32.0 Å². The van der Waals surface area contributed by atoms with E-state index >= 15 is 0 Å². The second-order valence-corrected chi connectivity index (χ2v) is 4.31. The predicted molar refractivity (Wildman–Crippen MR) is 57.8 cm³/mol. The first-order valence-corrected chi connectivity index (χ1v) is 5.91. The van der Waals surface area contributed by atoms with E-state index in [0.717, 1.165) is 19.6 Å². The number of rotatable bonds is 3. The molecule has 0 aliphatic carbocycles. The SMILES string of the molecule is O=C1CCCC(=O)N1CCC1COCCN1. The fourth-order valence-electron chi connectivity index (χ4n) is 2.14. The Morgan fingerprint density at radius 2 is 2.06 bits per heavy atom. The van der Waals surface area contributed by atoms with Crippen LogP contribution >= 0.6 is 0 Å². The van der Waals surface area contributed by atoms with Crippen LogP contribution in [0, 0.1) is 0 Å². The predicted octanol–water partition coefficient (Wildman–Crippen LogP) is -0.0960. The molecule has 0 aromatic rings. The number of hydrogen-bond donors (Lipinski definition) is 1. The highest BCUT2D eigenvalue weighted by Crippen LogP contribution is 2.13. The third kappa shape index (κ3) is 2.80. The van der Waals surface area contributed by atoms with Crippen LogP contribution < -0.4 is 5.32 Å². The molecule has 0 spiro atoms. The van der Waals surface area contributed by atoms with Crippen LogP contribution in [0.2, 0.25) is 0 Å². The van der Waals surface area contributed by atoms with Gasteiger partial charge in [-0.1, -0.05) is 0 Å². The molecule has 1 unspecified atom stereocenters. The normalized spacial score (nSPS) is 27.2. The van der Waals surface area contributed by atoms with Gasteiger partial charge in [0.2, 0.25) is 11.8 Å². The summed E-state index contributed by atoms with van der Waals surface area (Å²) in [6, 6.07) is 0.274. The number of likely N-dealkylation sites (tertiary alicyclic amines) is 1. The first-order chi connectivity index (χ1) is 7.77. The summed E-state index contributed by atoms with van der Waals surface area (Å²) in [5.74, 6) is -0.0408. The molecule has 2 heterocycles. The van der Waals surface area contributed by atoms with Crippen molar-refractivity contribution in [2.45, 2.75) is 31.7 Å². The molecule has 2 saturated heterocycles. The number of hydrogen-bond acceptors (Lipinski definition) is 4. The van der Waals surface area contributed by atoms with Crippen molar-refractivity contribution in [3.8, 4) is 0 Å². The smallest absolute Gasteiger partial charge is 0.229 e. The Kier molecular flexibility index (Phi) is 3.90. The Morgan fingerprint density at radius 1 is 1.31 bits per heavy atom. The third-order valence-electron chi connectivity index (χ3n) is 3.08. The van der Waals surface area contributed by atoms with Crippen LogP contribution in [0.5, 0.6) is 0 Å². The van der Waals surface area contributed by atoms with Gasteiger partial charge in [0.1, 0.15) is 0 Å². The van der Waals surface area contributed by atoms with Crippen LogP contribution in [0.4, 0.5) is 0 Å². The van der Waals surface area contributed by atoms with Crippen molar-refractivity contribution < 1.29 is 14.3 Å². The van der Waals surface area contributed by atoms with Crippen LogP contribution in [-0.2, 0) is 14.3 Å². The Morgan fingerprint density at radius 3 is 2.69 bits per heavy atom. The maximum Gasteiger partial charge on any atom is 0.229 e. The minimum Gasteiger partial charge on any atom is -0.379 e. The van der Waals surface area contributed by atoms with Crippen LogP contribution in [0.15, 0.2) is 0 Å². The molecule has 90 valence electrons. The van der Waals surface area contributed by atoms with E-state index in [-0.39, 0.29) is 17.9 Å². The van der Waals surface area contributed by atoms with Gasteiger partial charge < -0.3 is 10.1 Å². The zero-order chi connectivity index (χ0) is 11.4. The molecule has 16 heavy (non-hydrogen) atoms. The molecule has 2 rings (SSSR count). The van der Waals surface area contributed by atoms with Crippen molar-refractivity contribution in [1.29, 1.82) is 0 Å². The summed E-state index contributed by atoms with van der Waals surface area (Å²) >= 11 is 0. The van der Waals surface area contributed by atoms with Gasteiger partial charge in [-0.25, -0.2) is 0 Å². The molecular weight excluding hydrogens is 208 g/mol. The highest BCUT2D eigenvalue weighted by atomic mass is 16.5. The monoisotopic (exact) mass is 226 g/mol. The lowest BCUT2D eigenvalue weighted by Crippen LogP contribution is -2.46. The van der Waals surface area contributed by atoms with E-state index in [1.807, 2.05) is 0 Å². The summed E-state index contributed by atoms with van der Waals surface area (Å²) in [4.78, 5) is 24.5. The number of nitrogens with zero attached hydrogens (tertiary/aromatic N) is 1. The molecule has 2 fully saturated rings. The Hall–Kier alpha value is -0.940. The molecule has 5 nitrogen and oxygen atoms in total. The number of morpholine rings is 1. The number of amides is 2. The van der Waals surface area contributed by atoms with Crippen molar-refractivity contribution >= 4 is 11.8 Å². The largest absolute Gasteiger partial charge is 0.379 e. The number of ether oxygens (including phenoxy) is 1. The average molecular weight is 226 g/mol. The van der Waals surface area contributed by atoms with Gasteiger partial charge in [-0.15, -0.1) is 0 Å². The summed E-state index contributed by atoms with van der Waals surface area (Å²) < 4.78 is 5.32. The first kappa shape index (κ1) is 11.5. The fourth-order valence-corrected chi connectivity index (χ4v) is 2.14. The van der Waals surface area contributed by atoms with Gasteiger partial charge in [0.15, 0.2) is 0 Å². The van der Waals surface area contributed by atoms with Gasteiger partial charge in [-0.2, -0.15) is 0 Å². The van der Waals surface area contributed by atoms with Crippen LogP contribution in [0.3, 0.4) is 0 Å². The van der Waals surface area contributed by atoms with E-state index in [1.54, 1.807) is 0 Å². The lowest BCUT2D eigenvalue weighted by atomic mass is 10.1. The highest BCUT2D eigenvalue weighted by molar-refractivity contribution is 5.97. The van der Waals surface area contributed by atoms with Crippen LogP contribution in [0.1, 0.15) is 25.7 Å². The lowest BCUT2D eigenvalue weighted by Gasteiger charge is -2.28. The molecule has 2 aliphatic rings. The zero-order valence-electron chi connectivity index (χ0n) is 9.41. The molecular formula is C11H18N2O3. The number of carbonyl (C=O) groups excluding carboxylic acids is 2. The van der Waals surface area contributed by atoms with Crippen molar-refractivity contribution in [1.82, 2.24) is 10.2 Å². The van der Waals surface area contributed by atoms with E-state index in [9.17, 15) is 9.59 Å². The van der Waals surface area contributed by atoms with E-state index in [0.29, 0.717) is 32.4 Å². The van der Waals surface area contributed by atoms with Crippen molar-refractivity contribution in [3.63, 3.8) is 0 Å². The van der Waals surface area contributed by atoms with Gasteiger partial charge >= 0.3 is 0 Å². The summed E-state index contributed by atoms with van der Waals surface area (Å²) in [5, 5.41) is 3.31. The number of piperidine rings is 1. The Bertz CT molecular complexity index is 258. The Balaban J connectivity index is 1.78. The van der Waals surface area contributed by atoms with E-state index in [4.69, 9.17) is 4.74 Å². The van der Waals surface area contributed by atoms with Gasteiger partial charge in [-0.3, -0.25) is 14.5 Å². The van der Waals surface area contributed by atoms with Crippen LogP contribution in [0.25, 0.3) is 0 Å². The topological polar surface area (TPSA) is 58.6 Å². The highest BCUT2D eigenvalue weighted by Gasteiger charge is 2.26. The summed E-state index contributed by atoms with van der Waals surface area (Å²) in [5.41, 5.74) is 0. The number of imide groups is 1. The fraction of sp³-hybridized carbons (Fsp3) is 0.818. The maximum atomic E-state index is 11.5. The van der Waals surface area contributed by atoms with Gasteiger partial charge in [0.25, 0.3) is 0 Å². The lowest BCUT2D eigenvalue weighted by molar-refractivity contribution is -0.148. The minimum absolute atomic E-state index is 0.0204. The molecule has 5 heteroatoms. The standard InChI is InChI=1S/C11H18N2O3/c14-10-2-1-3-11(15)13(10)6-4-9-8-16-7-5-12-9/h9,12H,1-8H2. The molecule has 0 radical (unpaired) electrons. The second-order valence-electron chi connectivity index (χ2n) is 4.31. The molecule has 2 amide bonds. The molecule has 2 aliphatic heterocycles. The zero-order valence-corrected chi connectivity index (χ0v) is 9.41. The average Bonchev–Trinajstić information content (AvgIpc) is 2.30. The summed E-state index contributed by atoms with van der Waals surface area (Å²) in [6.45, 7) is 2.81. The number of carbonyl (C=O) groups is 2. The van der Waals surface area contributed by atoms with Gasteiger partial charge in [-0.05, 0) is 12.8 Å². The molecule has 1 atom stereocenters. The second kappa shape index (κ2) is 5.41. The molecule has 0 aromatic heterocycles.